The van der Waals surface area contributed by atoms with Gasteiger partial charge in [-0.15, -0.1) is 0 Å². The fourth-order valence-corrected chi connectivity index (χ4v) is 2.62. The van der Waals surface area contributed by atoms with Gasteiger partial charge in [0.2, 0.25) is 0 Å². The van der Waals surface area contributed by atoms with Gasteiger partial charge in [-0.3, -0.25) is 4.79 Å². The molecule has 2 aromatic carbocycles. The number of hydrogen-bond donors (Lipinski definition) is 1. The third kappa shape index (κ3) is 2.35. The lowest BCUT2D eigenvalue weighted by molar-refractivity contribution is 0.0729. The second kappa shape index (κ2) is 5.16. The summed E-state index contributed by atoms with van der Waals surface area (Å²) in [5.41, 5.74) is 8.28. The van der Waals surface area contributed by atoms with Crippen molar-refractivity contribution in [3.05, 3.63) is 64.7 Å². The van der Waals surface area contributed by atoms with Crippen LogP contribution < -0.4 is 5.73 Å². The van der Waals surface area contributed by atoms with Gasteiger partial charge in [-0.1, -0.05) is 18.2 Å². The van der Waals surface area contributed by atoms with Gasteiger partial charge in [-0.05, 0) is 35.7 Å². The van der Waals surface area contributed by atoms with Crippen LogP contribution in [0.25, 0.3) is 0 Å². The first-order valence-electron chi connectivity index (χ1n) is 6.67. The molecule has 0 aliphatic carbocycles. The van der Waals surface area contributed by atoms with Gasteiger partial charge in [0.05, 0.1) is 5.56 Å². The molecule has 0 spiro atoms. The normalized spacial score (nSPS) is 13.9. The molecule has 2 aromatic rings. The molecule has 0 aromatic heterocycles. The molecular weight excluding hydrogens is 274 g/mol. The van der Waals surface area contributed by atoms with Gasteiger partial charge in [-0.2, -0.15) is 0 Å². The minimum Gasteiger partial charge on any atom is -0.398 e. The molecule has 1 aliphatic rings. The predicted octanol–water partition coefficient (Wildman–Crippen LogP) is 2.75. The molecule has 0 unspecified atom stereocenters. The zero-order valence-electron chi connectivity index (χ0n) is 11.3. The summed E-state index contributed by atoms with van der Waals surface area (Å²) >= 11 is 0. The van der Waals surface area contributed by atoms with E-state index in [-0.39, 0.29) is 5.56 Å². The first-order chi connectivity index (χ1) is 10.1. The number of nitrogen functional groups attached to an aromatic ring is 1. The Hall–Kier alpha value is -2.43. The third-order valence-electron chi connectivity index (χ3n) is 3.78. The van der Waals surface area contributed by atoms with Crippen LogP contribution in [0.2, 0.25) is 0 Å². The lowest BCUT2D eigenvalue weighted by Gasteiger charge is -2.30. The smallest absolute Gasteiger partial charge is 0.257 e. The lowest BCUT2D eigenvalue weighted by atomic mass is 9.97. The second-order valence-electron chi connectivity index (χ2n) is 5.06. The molecule has 2 N–H and O–H groups in total. The van der Waals surface area contributed by atoms with E-state index in [1.54, 1.807) is 6.07 Å². The van der Waals surface area contributed by atoms with E-state index in [0.717, 1.165) is 17.2 Å². The first-order valence-corrected chi connectivity index (χ1v) is 6.67. The molecule has 5 heteroatoms. The third-order valence-corrected chi connectivity index (χ3v) is 3.78. The number of fused-ring (bicyclic) bond motifs is 1. The summed E-state index contributed by atoms with van der Waals surface area (Å²) < 4.78 is 27.0. The molecule has 3 rings (SSSR count). The van der Waals surface area contributed by atoms with E-state index in [1.807, 2.05) is 12.1 Å². The van der Waals surface area contributed by atoms with Crippen LogP contribution in [-0.2, 0) is 13.0 Å². The standard InChI is InChI=1S/C16H14F2N2O/c17-13-5-2-4-11(15(13)18)16(21)20-8-7-10-3-1-6-14(19)12(10)9-20/h1-6H,7-9,19H2. The van der Waals surface area contributed by atoms with Gasteiger partial charge >= 0.3 is 0 Å². The Balaban J connectivity index is 1.91. The van der Waals surface area contributed by atoms with Crippen molar-refractivity contribution in [1.82, 2.24) is 4.90 Å². The van der Waals surface area contributed by atoms with Crippen LogP contribution in [0.3, 0.4) is 0 Å². The highest BCUT2D eigenvalue weighted by Gasteiger charge is 2.25. The highest BCUT2D eigenvalue weighted by molar-refractivity contribution is 5.94. The summed E-state index contributed by atoms with van der Waals surface area (Å²) in [7, 11) is 0. The molecule has 1 amide bonds. The molecule has 108 valence electrons. The second-order valence-corrected chi connectivity index (χ2v) is 5.06. The van der Waals surface area contributed by atoms with Crippen LogP contribution in [0.4, 0.5) is 14.5 Å². The maximum Gasteiger partial charge on any atom is 0.257 e. The summed E-state index contributed by atoms with van der Waals surface area (Å²) in [6.07, 6.45) is 0.656. The van der Waals surface area contributed by atoms with Gasteiger partial charge in [0.1, 0.15) is 0 Å². The Morgan fingerprint density at radius 3 is 2.71 bits per heavy atom. The van der Waals surface area contributed by atoms with Crippen LogP contribution in [0.1, 0.15) is 21.5 Å². The van der Waals surface area contributed by atoms with Gasteiger partial charge in [0.25, 0.3) is 5.91 Å². The highest BCUT2D eigenvalue weighted by Crippen LogP contribution is 2.26. The Labute approximate surface area is 121 Å². The number of amides is 1. The number of anilines is 1. The summed E-state index contributed by atoms with van der Waals surface area (Å²) in [6.45, 7) is 0.780. The van der Waals surface area contributed by atoms with Crippen LogP contribution >= 0.6 is 0 Å². The van der Waals surface area contributed by atoms with E-state index in [2.05, 4.69) is 0 Å². The van der Waals surface area contributed by atoms with Crippen molar-refractivity contribution < 1.29 is 13.6 Å². The lowest BCUT2D eigenvalue weighted by Crippen LogP contribution is -2.36. The van der Waals surface area contributed by atoms with Crippen LogP contribution in [-0.4, -0.2) is 17.4 Å². The first kappa shape index (κ1) is 13.5. The van der Waals surface area contributed by atoms with Gasteiger partial charge in [-0.25, -0.2) is 8.78 Å². The minimum absolute atomic E-state index is 0.243. The van der Waals surface area contributed by atoms with E-state index < -0.39 is 17.5 Å². The van der Waals surface area contributed by atoms with Crippen molar-refractivity contribution in [3.63, 3.8) is 0 Å². The molecular formula is C16H14F2N2O. The van der Waals surface area contributed by atoms with E-state index in [1.165, 1.54) is 17.0 Å². The largest absolute Gasteiger partial charge is 0.398 e. The number of nitrogens with zero attached hydrogens (tertiary/aromatic N) is 1. The average molecular weight is 288 g/mol. The van der Waals surface area contributed by atoms with Crippen molar-refractivity contribution in [2.24, 2.45) is 0 Å². The number of benzene rings is 2. The number of carbonyl (C=O) groups excluding carboxylic acids is 1. The molecule has 0 fully saturated rings. The van der Waals surface area contributed by atoms with Gasteiger partial charge in [0, 0.05) is 18.8 Å². The van der Waals surface area contributed by atoms with Gasteiger partial charge < -0.3 is 10.6 Å². The molecule has 0 saturated carbocycles. The van der Waals surface area contributed by atoms with Crippen molar-refractivity contribution >= 4 is 11.6 Å². The highest BCUT2D eigenvalue weighted by atomic mass is 19.2. The topological polar surface area (TPSA) is 46.3 Å². The fraction of sp³-hybridized carbons (Fsp3) is 0.188. The van der Waals surface area contributed by atoms with Crippen LogP contribution in [0.5, 0.6) is 0 Å². The molecule has 0 bridgehead atoms. The number of hydrogen-bond acceptors (Lipinski definition) is 2. The monoisotopic (exact) mass is 288 g/mol. The number of carbonyl (C=O) groups is 1. The van der Waals surface area contributed by atoms with E-state index in [4.69, 9.17) is 5.73 Å². The molecule has 0 saturated heterocycles. The molecule has 1 heterocycles. The van der Waals surface area contributed by atoms with Crippen LogP contribution in [0.15, 0.2) is 36.4 Å². The Bertz CT molecular complexity index is 715. The van der Waals surface area contributed by atoms with Crippen LogP contribution in [0, 0.1) is 11.6 Å². The Morgan fingerprint density at radius 1 is 1.14 bits per heavy atom. The molecule has 1 aliphatic heterocycles. The van der Waals surface area contributed by atoms with Crippen molar-refractivity contribution in [1.29, 1.82) is 0 Å². The predicted molar refractivity (Wildman–Crippen MR) is 75.7 cm³/mol. The molecule has 21 heavy (non-hydrogen) atoms. The van der Waals surface area contributed by atoms with Crippen molar-refractivity contribution in [2.45, 2.75) is 13.0 Å². The number of nitrogens with two attached hydrogens (primary N) is 1. The summed E-state index contributed by atoms with van der Waals surface area (Å²) in [5, 5.41) is 0. The number of halogens is 2. The van der Waals surface area contributed by atoms with E-state index in [9.17, 15) is 13.6 Å². The SMILES string of the molecule is Nc1cccc2c1CN(C(=O)c1cccc(F)c1F)CC2. The van der Waals surface area contributed by atoms with E-state index >= 15 is 0 Å². The molecule has 3 nitrogen and oxygen atoms in total. The maximum atomic E-state index is 13.7. The average Bonchev–Trinajstić information content (AvgIpc) is 2.49. The Morgan fingerprint density at radius 2 is 1.90 bits per heavy atom. The van der Waals surface area contributed by atoms with Crippen molar-refractivity contribution in [2.75, 3.05) is 12.3 Å². The quantitative estimate of drug-likeness (QED) is 0.820. The minimum atomic E-state index is -1.10. The summed E-state index contributed by atoms with van der Waals surface area (Å²) in [4.78, 5) is 13.9. The maximum absolute atomic E-state index is 13.7. The fourth-order valence-electron chi connectivity index (χ4n) is 2.62. The number of rotatable bonds is 1. The summed E-state index contributed by atoms with van der Waals surface area (Å²) in [5.74, 6) is -2.63. The summed E-state index contributed by atoms with van der Waals surface area (Å²) in [6, 6.07) is 9.24. The molecule has 0 atom stereocenters. The molecule has 0 radical (unpaired) electrons. The van der Waals surface area contributed by atoms with Crippen molar-refractivity contribution in [3.8, 4) is 0 Å². The zero-order chi connectivity index (χ0) is 15.0. The van der Waals surface area contributed by atoms with Gasteiger partial charge in [0.15, 0.2) is 11.6 Å². The zero-order valence-corrected chi connectivity index (χ0v) is 11.3. The van der Waals surface area contributed by atoms with E-state index in [0.29, 0.717) is 25.2 Å². The Kier molecular flexibility index (Phi) is 3.33.